The summed E-state index contributed by atoms with van der Waals surface area (Å²) in [4.78, 5) is -0.178. The molecule has 0 aliphatic heterocycles. The van der Waals surface area contributed by atoms with Crippen LogP contribution in [0.1, 0.15) is 5.56 Å². The van der Waals surface area contributed by atoms with Crippen LogP contribution in [0, 0.1) is 6.92 Å². The summed E-state index contributed by atoms with van der Waals surface area (Å²) in [5, 5.41) is 0. The number of pyridine rings is 1. The maximum absolute atomic E-state index is 10.4. The molecule has 1 heterocycles. The van der Waals surface area contributed by atoms with Gasteiger partial charge in [-0.15, -0.1) is 0 Å². The second-order valence-electron chi connectivity index (χ2n) is 3.49. The largest absolute Gasteiger partial charge is 0.744 e. The average Bonchev–Trinajstić information content (AvgIpc) is 2.30. The van der Waals surface area contributed by atoms with Crippen LogP contribution in [-0.4, -0.2) is 13.0 Å². The normalized spacial score (nSPS) is 10.4. The minimum Gasteiger partial charge on any atom is -0.744 e. The molecule has 0 radical (unpaired) electrons. The molecule has 0 saturated heterocycles. The highest BCUT2D eigenvalue weighted by Gasteiger charge is 1.97. The van der Waals surface area contributed by atoms with Crippen molar-refractivity contribution in [3.05, 3.63) is 60.4 Å². The van der Waals surface area contributed by atoms with Gasteiger partial charge in [-0.1, -0.05) is 27.8 Å². The highest BCUT2D eigenvalue weighted by Crippen LogP contribution is 2.08. The van der Waals surface area contributed by atoms with Crippen molar-refractivity contribution in [3.63, 3.8) is 0 Å². The number of hydrogen-bond donors (Lipinski definition) is 0. The van der Waals surface area contributed by atoms with Crippen LogP contribution >= 0.6 is 11.8 Å². The van der Waals surface area contributed by atoms with Crippen LogP contribution in [0.2, 0.25) is 0 Å². The predicted molar refractivity (Wildman–Crippen MR) is 67.0 cm³/mol. The highest BCUT2D eigenvalue weighted by molar-refractivity contribution is 7.85. The molecule has 0 bridgehead atoms. The second kappa shape index (κ2) is 6.49. The molecule has 18 heavy (non-hydrogen) atoms. The van der Waals surface area contributed by atoms with Crippen molar-refractivity contribution in [2.24, 2.45) is 0 Å². The fraction of sp³-hybridized carbons (Fsp3) is 0.0833. The second-order valence-corrected chi connectivity index (χ2v) is 5.26. The van der Waals surface area contributed by atoms with Gasteiger partial charge >= 0.3 is 0 Å². The highest BCUT2D eigenvalue weighted by atomic mass is 35.5. The number of benzene rings is 1. The Labute approximate surface area is 111 Å². The van der Waals surface area contributed by atoms with Crippen LogP contribution in [0.5, 0.6) is 0 Å². The van der Waals surface area contributed by atoms with Gasteiger partial charge in [0.15, 0.2) is 12.4 Å². The third-order valence-corrected chi connectivity index (χ3v) is 3.06. The Balaban J connectivity index is 0.000000199. The minimum absolute atomic E-state index is 0.178. The Morgan fingerprint density at radius 2 is 1.56 bits per heavy atom. The molecular formula is C12H12ClNO3S. The van der Waals surface area contributed by atoms with Crippen molar-refractivity contribution < 1.29 is 17.1 Å². The van der Waals surface area contributed by atoms with Crippen molar-refractivity contribution in [3.8, 4) is 0 Å². The fourth-order valence-corrected chi connectivity index (χ4v) is 1.68. The van der Waals surface area contributed by atoms with Gasteiger partial charge in [-0.05, 0) is 19.1 Å². The van der Waals surface area contributed by atoms with E-state index in [0.717, 1.165) is 5.56 Å². The van der Waals surface area contributed by atoms with E-state index in [2.05, 4.69) is 0 Å². The molecule has 0 saturated carbocycles. The topological polar surface area (TPSA) is 61.1 Å². The molecule has 0 atom stereocenters. The predicted octanol–water partition coefficient (Wildman–Crippen LogP) is 1.88. The first-order valence-corrected chi connectivity index (χ1v) is 6.79. The maximum atomic E-state index is 10.4. The first-order valence-electron chi connectivity index (χ1n) is 5.04. The molecule has 0 N–H and O–H groups in total. The molecule has 2 rings (SSSR count). The quantitative estimate of drug-likeness (QED) is 0.752. The van der Waals surface area contributed by atoms with Crippen LogP contribution in [0.25, 0.3) is 0 Å². The molecule has 4 nitrogen and oxygen atoms in total. The molecule has 0 unspecified atom stereocenters. The monoisotopic (exact) mass is 285 g/mol. The minimum atomic E-state index is -4.27. The molecule has 1 aromatic heterocycles. The standard InChI is InChI=1S/C7H8O3S.C5H5ClN/c1-6-2-4-7(5-3-6)11(8,9)10;6-7-4-2-1-3-5-7/h2-5H,1H3,(H,8,9,10);1-5H/q;+1/p-1. The Bertz CT molecular complexity index is 582. The van der Waals surface area contributed by atoms with E-state index in [1.807, 2.05) is 25.1 Å². The van der Waals surface area contributed by atoms with E-state index in [9.17, 15) is 13.0 Å². The van der Waals surface area contributed by atoms with Gasteiger partial charge in [0.2, 0.25) is 0 Å². The Morgan fingerprint density at radius 3 is 1.89 bits per heavy atom. The van der Waals surface area contributed by atoms with Crippen molar-refractivity contribution in [1.29, 1.82) is 0 Å². The van der Waals surface area contributed by atoms with E-state index in [1.54, 1.807) is 24.5 Å². The molecule has 0 fully saturated rings. The summed E-state index contributed by atoms with van der Waals surface area (Å²) < 4.78 is 32.6. The molecule has 6 heteroatoms. The Hall–Kier alpha value is -1.43. The number of aryl methyl sites for hydroxylation is 1. The Morgan fingerprint density at radius 1 is 1.06 bits per heavy atom. The first kappa shape index (κ1) is 14.6. The summed E-state index contributed by atoms with van der Waals surface area (Å²) in [5.74, 6) is 0. The smallest absolute Gasteiger partial charge is 0.267 e. The first-order chi connectivity index (χ1) is 8.39. The SMILES string of the molecule is Cc1ccc(S(=O)(=O)[O-])cc1.Cl[n+]1ccccc1. The zero-order valence-corrected chi connectivity index (χ0v) is 11.2. The maximum Gasteiger partial charge on any atom is 0.267 e. The van der Waals surface area contributed by atoms with Crippen LogP contribution in [0.15, 0.2) is 59.8 Å². The van der Waals surface area contributed by atoms with Crippen molar-refractivity contribution in [2.75, 3.05) is 0 Å². The summed E-state index contributed by atoms with van der Waals surface area (Å²) in [6.07, 6.45) is 3.53. The summed E-state index contributed by atoms with van der Waals surface area (Å²) in [7, 11) is -4.27. The third-order valence-electron chi connectivity index (χ3n) is 1.99. The van der Waals surface area contributed by atoms with E-state index in [-0.39, 0.29) is 4.90 Å². The van der Waals surface area contributed by atoms with Gasteiger partial charge in [0, 0.05) is 12.1 Å². The van der Waals surface area contributed by atoms with E-state index in [1.165, 1.54) is 16.2 Å². The summed E-state index contributed by atoms with van der Waals surface area (Å²) >= 11 is 5.46. The summed E-state index contributed by atoms with van der Waals surface area (Å²) in [6, 6.07) is 11.4. The van der Waals surface area contributed by atoms with E-state index in [4.69, 9.17) is 11.8 Å². The zero-order chi connectivity index (χ0) is 13.6. The lowest BCUT2D eigenvalue weighted by atomic mass is 10.2. The molecule has 0 spiro atoms. The van der Waals surface area contributed by atoms with Gasteiger partial charge < -0.3 is 4.55 Å². The van der Waals surface area contributed by atoms with Crippen LogP contribution in [-0.2, 0) is 10.1 Å². The van der Waals surface area contributed by atoms with Crippen LogP contribution < -0.4 is 4.09 Å². The molecule has 0 amide bonds. The van der Waals surface area contributed by atoms with Crippen LogP contribution in [0.3, 0.4) is 0 Å². The number of rotatable bonds is 1. The number of hydrogen-bond acceptors (Lipinski definition) is 3. The lowest BCUT2D eigenvalue weighted by Crippen LogP contribution is -2.16. The van der Waals surface area contributed by atoms with Crippen molar-refractivity contribution in [1.82, 2.24) is 0 Å². The number of halogens is 1. The van der Waals surface area contributed by atoms with E-state index in [0.29, 0.717) is 0 Å². The fourth-order valence-electron chi connectivity index (χ4n) is 1.08. The molecule has 96 valence electrons. The average molecular weight is 286 g/mol. The van der Waals surface area contributed by atoms with Gasteiger partial charge in [0.25, 0.3) is 11.8 Å². The van der Waals surface area contributed by atoms with Crippen LogP contribution in [0.4, 0.5) is 0 Å². The number of aromatic nitrogens is 1. The molecular weight excluding hydrogens is 274 g/mol. The summed E-state index contributed by atoms with van der Waals surface area (Å²) in [5.41, 5.74) is 0.928. The third kappa shape index (κ3) is 5.27. The van der Waals surface area contributed by atoms with Gasteiger partial charge in [-0.3, -0.25) is 0 Å². The summed E-state index contributed by atoms with van der Waals surface area (Å²) in [6.45, 7) is 1.82. The lowest BCUT2D eigenvalue weighted by molar-refractivity contribution is -0.519. The molecule has 0 aliphatic carbocycles. The van der Waals surface area contributed by atoms with Crippen molar-refractivity contribution in [2.45, 2.75) is 11.8 Å². The molecule has 1 aromatic carbocycles. The lowest BCUT2D eigenvalue weighted by Gasteiger charge is -2.05. The Kier molecular flexibility index (Phi) is 5.27. The molecule has 0 aliphatic rings. The van der Waals surface area contributed by atoms with Gasteiger partial charge in [-0.2, -0.15) is 0 Å². The van der Waals surface area contributed by atoms with E-state index >= 15 is 0 Å². The van der Waals surface area contributed by atoms with Gasteiger partial charge in [0.1, 0.15) is 10.1 Å². The van der Waals surface area contributed by atoms with Gasteiger partial charge in [0.05, 0.1) is 4.90 Å². The zero-order valence-electron chi connectivity index (χ0n) is 9.65. The molecule has 2 aromatic rings. The van der Waals surface area contributed by atoms with E-state index < -0.39 is 10.1 Å². The van der Waals surface area contributed by atoms with Crippen molar-refractivity contribution >= 4 is 21.9 Å². The van der Waals surface area contributed by atoms with Gasteiger partial charge in [-0.25, -0.2) is 8.42 Å². The number of nitrogens with zero attached hydrogens (tertiary/aromatic N) is 1.